The summed E-state index contributed by atoms with van der Waals surface area (Å²) in [5.41, 5.74) is 16.6. The van der Waals surface area contributed by atoms with Crippen molar-refractivity contribution in [3.05, 3.63) is 166 Å². The van der Waals surface area contributed by atoms with E-state index in [9.17, 15) is 0 Å². The van der Waals surface area contributed by atoms with Gasteiger partial charge in [-0.15, -0.1) is 0 Å². The van der Waals surface area contributed by atoms with E-state index >= 15 is 0 Å². The molecule has 0 atom stereocenters. The highest BCUT2D eigenvalue weighted by molar-refractivity contribution is 5.98. The second-order valence-electron chi connectivity index (χ2n) is 14.2. The quantitative estimate of drug-likeness (QED) is 0.130. The number of nitrogens with one attached hydrogen (secondary N) is 4. The van der Waals surface area contributed by atoms with Gasteiger partial charge >= 0.3 is 0 Å². The van der Waals surface area contributed by atoms with Crippen LogP contribution in [-0.2, 0) is 17.3 Å². The molecule has 6 aromatic carbocycles. The van der Waals surface area contributed by atoms with Gasteiger partial charge in [-0.25, -0.2) is 0 Å². The van der Waals surface area contributed by atoms with E-state index in [0.29, 0.717) is 0 Å². The van der Waals surface area contributed by atoms with Crippen molar-refractivity contribution in [3.8, 4) is 22.3 Å². The van der Waals surface area contributed by atoms with Gasteiger partial charge in [0, 0.05) is 57.1 Å². The van der Waals surface area contributed by atoms with Crippen LogP contribution in [0.2, 0.25) is 0 Å². The predicted octanol–water partition coefficient (Wildman–Crippen LogP) is 12.0. The van der Waals surface area contributed by atoms with Gasteiger partial charge in [0.25, 0.3) is 0 Å². The molecule has 0 aromatic heterocycles. The lowest BCUT2D eigenvalue weighted by atomic mass is 9.80. The summed E-state index contributed by atoms with van der Waals surface area (Å²) < 4.78 is 0. The molecule has 0 amide bonds. The molecule has 0 radical (unpaired) electrons. The summed E-state index contributed by atoms with van der Waals surface area (Å²) in [7, 11) is 0. The minimum absolute atomic E-state index is 0.178. The molecule has 4 heteroatoms. The average Bonchev–Trinajstić information content (AvgIpc) is 3.53. The van der Waals surface area contributed by atoms with Gasteiger partial charge in [0.05, 0.1) is 0 Å². The molecule has 4 N–H and O–H groups in total. The number of anilines is 4. The molecule has 0 saturated heterocycles. The highest BCUT2D eigenvalue weighted by atomic mass is 14.9. The monoisotopic (exact) mass is 652 g/mol. The van der Waals surface area contributed by atoms with Crippen molar-refractivity contribution in [1.29, 1.82) is 10.8 Å². The number of aryl methyl sites for hydroxylation is 1. The van der Waals surface area contributed by atoms with Crippen molar-refractivity contribution in [1.82, 2.24) is 0 Å². The molecule has 0 aliphatic heterocycles. The van der Waals surface area contributed by atoms with E-state index in [0.717, 1.165) is 40.3 Å². The predicted molar refractivity (Wildman–Crippen MR) is 213 cm³/mol. The lowest BCUT2D eigenvalue weighted by Crippen LogP contribution is -2.18. The number of hydrogen-bond acceptors (Lipinski definition) is 4. The van der Waals surface area contributed by atoms with Gasteiger partial charge in [-0.3, -0.25) is 0 Å². The zero-order valence-corrected chi connectivity index (χ0v) is 29.5. The topological polar surface area (TPSA) is 71.8 Å². The van der Waals surface area contributed by atoms with Crippen molar-refractivity contribution < 1.29 is 0 Å². The van der Waals surface area contributed by atoms with Crippen LogP contribution in [0.25, 0.3) is 22.3 Å². The molecule has 0 bridgehead atoms. The summed E-state index contributed by atoms with van der Waals surface area (Å²) in [5, 5.41) is 23.8. The third-order valence-corrected chi connectivity index (χ3v) is 10.5. The van der Waals surface area contributed by atoms with Gasteiger partial charge in [0.1, 0.15) is 0 Å². The maximum atomic E-state index is 8.33. The summed E-state index contributed by atoms with van der Waals surface area (Å²) >= 11 is 0. The minimum Gasteiger partial charge on any atom is -0.355 e. The molecule has 248 valence electrons. The summed E-state index contributed by atoms with van der Waals surface area (Å²) in [6, 6.07) is 44.3. The first-order valence-corrected chi connectivity index (χ1v) is 17.4. The fourth-order valence-corrected chi connectivity index (χ4v) is 8.01. The number of rotatable bonds is 7. The Kier molecular flexibility index (Phi) is 8.49. The summed E-state index contributed by atoms with van der Waals surface area (Å²) in [6.07, 6.45) is 4.11. The lowest BCUT2D eigenvalue weighted by Gasteiger charge is -2.25. The van der Waals surface area contributed by atoms with E-state index in [-0.39, 0.29) is 10.8 Å². The van der Waals surface area contributed by atoms with Crippen LogP contribution in [0.1, 0.15) is 73.6 Å². The molecule has 2 aliphatic carbocycles. The van der Waals surface area contributed by atoms with Crippen LogP contribution in [0.5, 0.6) is 0 Å². The van der Waals surface area contributed by atoms with E-state index < -0.39 is 0 Å². The van der Waals surface area contributed by atoms with E-state index in [2.05, 4.69) is 167 Å². The highest BCUT2D eigenvalue weighted by Crippen LogP contribution is 2.52. The Morgan fingerprint density at radius 2 is 0.880 bits per heavy atom. The van der Waals surface area contributed by atoms with Crippen molar-refractivity contribution >= 4 is 35.2 Å². The van der Waals surface area contributed by atoms with Crippen molar-refractivity contribution in [2.75, 3.05) is 10.6 Å². The number of hydrogen-bond donors (Lipinski definition) is 4. The van der Waals surface area contributed by atoms with Gasteiger partial charge < -0.3 is 21.5 Å². The van der Waals surface area contributed by atoms with Crippen LogP contribution in [0.15, 0.2) is 127 Å². The standard InChI is InChI=1S/C38H34N4.C8H10/c1-37(2)31-11-7-5-9-25(31)27-17-19-33(29(21-39)35(27)37)41-23-13-15-24(16-14-23)42-34-20-18-28-26-10-6-8-12-32(26)38(3,4)36(28)30(34)22-40;1-2-8-6-4-3-5-7-8/h5-22,39-42H,1-4H3;3-7H,2H2,1H3. The molecule has 8 rings (SSSR count). The Labute approximate surface area is 296 Å². The second-order valence-corrected chi connectivity index (χ2v) is 14.2. The molecule has 0 unspecified atom stereocenters. The first-order valence-electron chi connectivity index (χ1n) is 17.4. The van der Waals surface area contributed by atoms with Gasteiger partial charge in [-0.2, -0.15) is 0 Å². The molecular weight excluding hydrogens is 609 g/mol. The molecule has 0 saturated carbocycles. The molecule has 50 heavy (non-hydrogen) atoms. The number of benzene rings is 6. The van der Waals surface area contributed by atoms with E-state index in [1.165, 1.54) is 62.5 Å². The summed E-state index contributed by atoms with van der Waals surface area (Å²) in [5.74, 6) is 0. The van der Waals surface area contributed by atoms with E-state index in [4.69, 9.17) is 10.8 Å². The maximum absolute atomic E-state index is 8.33. The second kappa shape index (κ2) is 12.9. The van der Waals surface area contributed by atoms with Crippen molar-refractivity contribution in [2.45, 2.75) is 51.9 Å². The SMILES string of the molecule is CC1(C)c2ccccc2-c2ccc(Nc3ccc(Nc4ccc5c(c4C=N)C(C)(C)c4ccccc4-5)cc3)c(C=N)c21.CCc1ccccc1. The van der Waals surface area contributed by atoms with E-state index in [1.807, 2.05) is 6.07 Å². The maximum Gasteiger partial charge on any atom is 0.0476 e. The van der Waals surface area contributed by atoms with Crippen LogP contribution in [-0.4, -0.2) is 12.4 Å². The highest BCUT2D eigenvalue weighted by Gasteiger charge is 2.39. The molecule has 0 heterocycles. The number of fused-ring (bicyclic) bond motifs is 6. The van der Waals surface area contributed by atoms with Crippen LogP contribution < -0.4 is 10.6 Å². The Bertz CT molecular complexity index is 2090. The zero-order valence-electron chi connectivity index (χ0n) is 29.5. The minimum atomic E-state index is -0.178. The first-order chi connectivity index (χ1) is 24.2. The fraction of sp³-hybridized carbons (Fsp3) is 0.174. The molecular formula is C46H44N4. The van der Waals surface area contributed by atoms with Crippen LogP contribution >= 0.6 is 0 Å². The molecule has 4 nitrogen and oxygen atoms in total. The van der Waals surface area contributed by atoms with Crippen molar-refractivity contribution in [3.63, 3.8) is 0 Å². The normalized spacial score (nSPS) is 13.9. The third-order valence-electron chi connectivity index (χ3n) is 10.5. The van der Waals surface area contributed by atoms with Crippen LogP contribution in [0, 0.1) is 10.8 Å². The Morgan fingerprint density at radius 3 is 1.26 bits per heavy atom. The summed E-state index contributed by atoms with van der Waals surface area (Å²) in [4.78, 5) is 0. The van der Waals surface area contributed by atoms with Crippen molar-refractivity contribution in [2.24, 2.45) is 0 Å². The Morgan fingerprint density at radius 1 is 0.480 bits per heavy atom. The lowest BCUT2D eigenvalue weighted by molar-refractivity contribution is 0.659. The first kappa shape index (κ1) is 32.8. The summed E-state index contributed by atoms with van der Waals surface area (Å²) in [6.45, 7) is 11.1. The van der Waals surface area contributed by atoms with E-state index in [1.54, 1.807) is 0 Å². The molecule has 0 spiro atoms. The molecule has 0 fully saturated rings. The van der Waals surface area contributed by atoms with Gasteiger partial charge in [-0.05, 0) is 92.9 Å². The Hall–Kier alpha value is -5.74. The van der Waals surface area contributed by atoms with Gasteiger partial charge in [0.15, 0.2) is 0 Å². The third kappa shape index (κ3) is 5.51. The van der Waals surface area contributed by atoms with Crippen LogP contribution in [0.4, 0.5) is 22.7 Å². The van der Waals surface area contributed by atoms with Gasteiger partial charge in [-0.1, -0.05) is 126 Å². The largest absolute Gasteiger partial charge is 0.355 e. The average molecular weight is 653 g/mol. The zero-order chi connectivity index (χ0) is 35.0. The smallest absolute Gasteiger partial charge is 0.0476 e. The Balaban J connectivity index is 0.000000433. The fourth-order valence-electron chi connectivity index (χ4n) is 8.01. The molecule has 6 aromatic rings. The molecule has 2 aliphatic rings. The van der Waals surface area contributed by atoms with Crippen LogP contribution in [0.3, 0.4) is 0 Å². The van der Waals surface area contributed by atoms with Gasteiger partial charge in [0.2, 0.25) is 0 Å².